The topological polar surface area (TPSA) is 92.3 Å². The lowest BCUT2D eigenvalue weighted by molar-refractivity contribution is 0.310. The van der Waals surface area contributed by atoms with E-state index >= 15 is 0 Å². The molecule has 2 saturated carbocycles. The summed E-state index contributed by atoms with van der Waals surface area (Å²) in [4.78, 5) is 0.199. The molecule has 8 heteroatoms. The van der Waals surface area contributed by atoms with Crippen molar-refractivity contribution in [1.29, 1.82) is 0 Å². The highest BCUT2D eigenvalue weighted by Crippen LogP contribution is 2.26. The Bertz CT molecular complexity index is 784. The van der Waals surface area contributed by atoms with E-state index in [1.807, 2.05) is 0 Å². The Balaban J connectivity index is 1.74. The molecule has 24 heavy (non-hydrogen) atoms. The van der Waals surface area contributed by atoms with E-state index in [1.54, 1.807) is 0 Å². The van der Waals surface area contributed by atoms with Gasteiger partial charge in [0.1, 0.15) is 0 Å². The van der Waals surface area contributed by atoms with Crippen molar-refractivity contribution in [2.45, 2.75) is 67.3 Å². The van der Waals surface area contributed by atoms with Crippen LogP contribution in [-0.4, -0.2) is 28.9 Å². The molecule has 0 saturated heterocycles. The molecule has 0 spiro atoms. The van der Waals surface area contributed by atoms with Crippen molar-refractivity contribution in [1.82, 2.24) is 9.44 Å². The van der Waals surface area contributed by atoms with Gasteiger partial charge >= 0.3 is 0 Å². The summed E-state index contributed by atoms with van der Waals surface area (Å²) >= 11 is 0. The van der Waals surface area contributed by atoms with Crippen LogP contribution in [0.25, 0.3) is 0 Å². The molecule has 0 aliphatic heterocycles. The average molecular weight is 373 g/mol. The number of benzene rings is 1. The van der Waals surface area contributed by atoms with Gasteiger partial charge in [-0.15, -0.1) is 0 Å². The van der Waals surface area contributed by atoms with Crippen LogP contribution >= 0.6 is 0 Å². The predicted molar refractivity (Wildman–Crippen MR) is 91.5 cm³/mol. The van der Waals surface area contributed by atoms with Crippen LogP contribution in [0.3, 0.4) is 0 Å². The van der Waals surface area contributed by atoms with Crippen molar-refractivity contribution in [3.8, 4) is 0 Å². The zero-order valence-corrected chi connectivity index (χ0v) is 15.4. The molecule has 3 rings (SSSR count). The Labute approximate surface area is 144 Å². The highest BCUT2D eigenvalue weighted by Gasteiger charge is 2.29. The van der Waals surface area contributed by atoms with Crippen LogP contribution in [0, 0.1) is 5.92 Å². The first-order valence-electron chi connectivity index (χ1n) is 8.43. The maximum atomic E-state index is 12.5. The van der Waals surface area contributed by atoms with Crippen LogP contribution in [0.2, 0.25) is 0 Å². The number of nitrogens with one attached hydrogen (secondary N) is 2. The summed E-state index contributed by atoms with van der Waals surface area (Å²) in [6.07, 6.45) is 5.75. The van der Waals surface area contributed by atoms with Crippen molar-refractivity contribution in [2.75, 3.05) is 0 Å². The fraction of sp³-hybridized carbons (Fsp3) is 0.625. The molecule has 0 bridgehead atoms. The minimum atomic E-state index is -3.63. The quantitative estimate of drug-likeness (QED) is 0.799. The summed E-state index contributed by atoms with van der Waals surface area (Å²) < 4.78 is 54.6. The van der Waals surface area contributed by atoms with E-state index in [0.717, 1.165) is 38.5 Å². The molecule has 2 aliphatic carbocycles. The van der Waals surface area contributed by atoms with Gasteiger partial charge in [0.2, 0.25) is 20.0 Å². The molecule has 2 atom stereocenters. The first kappa shape index (κ1) is 17.8. The second-order valence-electron chi connectivity index (χ2n) is 6.86. The molecule has 1 aromatic carbocycles. The summed E-state index contributed by atoms with van der Waals surface area (Å²) in [5.74, 6) is 0.316. The van der Waals surface area contributed by atoms with Crippen molar-refractivity contribution >= 4 is 20.0 Å². The molecular weight excluding hydrogens is 348 g/mol. The number of hydrogen-bond acceptors (Lipinski definition) is 4. The van der Waals surface area contributed by atoms with Gasteiger partial charge < -0.3 is 0 Å². The normalized spacial score (nSPS) is 25.5. The fourth-order valence-electron chi connectivity index (χ4n) is 3.05. The summed E-state index contributed by atoms with van der Waals surface area (Å²) in [5, 5.41) is 0. The van der Waals surface area contributed by atoms with E-state index in [4.69, 9.17) is 0 Å². The Kier molecular flexibility index (Phi) is 5.01. The van der Waals surface area contributed by atoms with Gasteiger partial charge in [-0.2, -0.15) is 0 Å². The van der Waals surface area contributed by atoms with Crippen LogP contribution in [0.15, 0.2) is 34.1 Å². The van der Waals surface area contributed by atoms with Crippen LogP contribution < -0.4 is 9.44 Å². The number of sulfonamides is 2. The first-order chi connectivity index (χ1) is 11.3. The number of rotatable bonds is 6. The third-order valence-corrected chi connectivity index (χ3v) is 7.80. The molecule has 0 heterocycles. The van der Waals surface area contributed by atoms with Crippen molar-refractivity contribution in [2.24, 2.45) is 5.92 Å². The van der Waals surface area contributed by atoms with E-state index in [0.29, 0.717) is 5.92 Å². The zero-order valence-electron chi connectivity index (χ0n) is 13.7. The van der Waals surface area contributed by atoms with E-state index in [9.17, 15) is 16.8 Å². The van der Waals surface area contributed by atoms with Gasteiger partial charge in [-0.1, -0.05) is 19.8 Å². The van der Waals surface area contributed by atoms with Crippen molar-refractivity contribution in [3.63, 3.8) is 0 Å². The second kappa shape index (κ2) is 6.74. The van der Waals surface area contributed by atoms with Gasteiger partial charge in [0.05, 0.1) is 9.79 Å². The molecule has 0 unspecified atom stereocenters. The fourth-order valence-corrected chi connectivity index (χ4v) is 5.73. The molecule has 2 fully saturated rings. The van der Waals surface area contributed by atoms with Crippen LogP contribution in [0.4, 0.5) is 0 Å². The van der Waals surface area contributed by atoms with E-state index in [-0.39, 0.29) is 21.9 Å². The van der Waals surface area contributed by atoms with Gasteiger partial charge in [0, 0.05) is 12.1 Å². The van der Waals surface area contributed by atoms with E-state index in [1.165, 1.54) is 24.3 Å². The molecule has 134 valence electrons. The van der Waals surface area contributed by atoms with Gasteiger partial charge in [-0.3, -0.25) is 0 Å². The van der Waals surface area contributed by atoms with E-state index < -0.39 is 20.0 Å². The highest BCUT2D eigenvalue weighted by atomic mass is 32.2. The van der Waals surface area contributed by atoms with Gasteiger partial charge in [-0.25, -0.2) is 26.3 Å². The Morgan fingerprint density at radius 3 is 1.79 bits per heavy atom. The van der Waals surface area contributed by atoms with Crippen molar-refractivity contribution in [3.05, 3.63) is 24.3 Å². The smallest absolute Gasteiger partial charge is 0.208 e. The van der Waals surface area contributed by atoms with Gasteiger partial charge in [0.25, 0.3) is 0 Å². The summed E-state index contributed by atoms with van der Waals surface area (Å²) in [5.41, 5.74) is 0. The van der Waals surface area contributed by atoms with Gasteiger partial charge in [0.15, 0.2) is 0 Å². The molecule has 0 amide bonds. The Morgan fingerprint density at radius 2 is 1.29 bits per heavy atom. The van der Waals surface area contributed by atoms with Crippen LogP contribution in [-0.2, 0) is 20.0 Å². The Hall–Kier alpha value is -0.960. The minimum Gasteiger partial charge on any atom is -0.208 e. The van der Waals surface area contributed by atoms with Gasteiger partial charge in [-0.05, 0) is 55.9 Å². The molecular formula is C16H24N2O4S2. The second-order valence-corrected chi connectivity index (χ2v) is 10.3. The van der Waals surface area contributed by atoms with Crippen molar-refractivity contribution < 1.29 is 16.8 Å². The third-order valence-electron chi connectivity index (χ3n) is 4.76. The van der Waals surface area contributed by atoms with E-state index in [2.05, 4.69) is 16.4 Å². The summed E-state index contributed by atoms with van der Waals surface area (Å²) in [6, 6.07) is 5.39. The minimum absolute atomic E-state index is 0.0212. The molecule has 2 aliphatic rings. The van der Waals surface area contributed by atoms with Crippen LogP contribution in [0.5, 0.6) is 0 Å². The molecule has 6 nitrogen and oxygen atoms in total. The molecule has 2 N–H and O–H groups in total. The summed E-state index contributed by atoms with van der Waals surface area (Å²) in [6.45, 7) is 2.06. The largest absolute Gasteiger partial charge is 0.240 e. The SMILES string of the molecule is C[C@H]1CCCC[C@H]1NS(=O)(=O)c1ccc(S(=O)(=O)NC2CC2)cc1. The molecule has 0 radical (unpaired) electrons. The third kappa shape index (κ3) is 4.17. The standard InChI is InChI=1S/C16H24N2O4S2/c1-12-4-2-3-5-16(12)18-24(21,22)15-10-8-14(9-11-15)23(19,20)17-13-6-7-13/h8-13,16-18H,2-7H2,1H3/t12-,16+/m0/s1. The molecule has 0 aromatic heterocycles. The lowest BCUT2D eigenvalue weighted by Gasteiger charge is -2.29. The summed E-state index contributed by atoms with van der Waals surface area (Å²) in [7, 11) is -7.19. The predicted octanol–water partition coefficient (Wildman–Crippen LogP) is 1.98. The van der Waals surface area contributed by atoms with Crippen LogP contribution in [0.1, 0.15) is 45.4 Å². The number of hydrogen-bond donors (Lipinski definition) is 2. The lowest BCUT2D eigenvalue weighted by atomic mass is 9.87. The molecule has 1 aromatic rings. The average Bonchev–Trinajstić information content (AvgIpc) is 3.33. The Morgan fingerprint density at radius 1 is 0.792 bits per heavy atom. The first-order valence-corrected chi connectivity index (χ1v) is 11.4. The zero-order chi connectivity index (χ0) is 17.4. The maximum Gasteiger partial charge on any atom is 0.240 e. The monoisotopic (exact) mass is 372 g/mol. The lowest BCUT2D eigenvalue weighted by Crippen LogP contribution is -2.40. The maximum absolute atomic E-state index is 12.5. The highest BCUT2D eigenvalue weighted by molar-refractivity contribution is 7.90.